The molecule has 178 valence electrons. The topological polar surface area (TPSA) is 90.3 Å². The minimum absolute atomic E-state index is 0.0953. The minimum atomic E-state index is -0.407. The fourth-order valence-electron chi connectivity index (χ4n) is 3.58. The summed E-state index contributed by atoms with van der Waals surface area (Å²) in [5.74, 6) is -0.504. The molecule has 3 aromatic carbocycles. The highest BCUT2D eigenvalue weighted by Crippen LogP contribution is 2.21. The summed E-state index contributed by atoms with van der Waals surface area (Å²) in [6.45, 7) is 2.39. The van der Waals surface area contributed by atoms with Gasteiger partial charge in [-0.2, -0.15) is 0 Å². The molecule has 1 heterocycles. The molecule has 1 aromatic heterocycles. The highest BCUT2D eigenvalue weighted by molar-refractivity contribution is 7.99. The third kappa shape index (κ3) is 5.60. The molecule has 4 aromatic rings. The third-order valence-corrected chi connectivity index (χ3v) is 6.48. The van der Waals surface area contributed by atoms with Crippen LogP contribution in [0, 0.1) is 0 Å². The van der Waals surface area contributed by atoms with E-state index in [-0.39, 0.29) is 17.2 Å². The summed E-state index contributed by atoms with van der Waals surface area (Å²) in [5.41, 5.74) is 3.60. The van der Waals surface area contributed by atoms with Gasteiger partial charge in [-0.15, -0.1) is 0 Å². The van der Waals surface area contributed by atoms with Crippen LogP contribution in [0.5, 0.6) is 0 Å². The van der Waals surface area contributed by atoms with Gasteiger partial charge >= 0.3 is 5.97 Å². The number of esters is 1. The van der Waals surface area contributed by atoms with Crippen molar-refractivity contribution in [3.8, 4) is 5.69 Å². The van der Waals surface area contributed by atoms with Crippen molar-refractivity contribution in [3.63, 3.8) is 0 Å². The number of carbonyl (C=O) groups is 2. The molecule has 0 aliphatic rings. The predicted octanol–water partition coefficient (Wildman–Crippen LogP) is 4.14. The van der Waals surface area contributed by atoms with Crippen molar-refractivity contribution in [3.05, 3.63) is 99.8 Å². The molecule has 35 heavy (non-hydrogen) atoms. The Morgan fingerprint density at radius 1 is 0.971 bits per heavy atom. The highest BCUT2D eigenvalue weighted by atomic mass is 32.2. The molecular weight excluding hydrogens is 462 g/mol. The maximum atomic E-state index is 13.3. The average Bonchev–Trinajstić information content (AvgIpc) is 2.90. The number of hydrogen-bond acceptors (Lipinski definition) is 6. The Hall–Kier alpha value is -3.91. The number of thioether (sulfide) groups is 1. The second kappa shape index (κ2) is 11.0. The quantitative estimate of drug-likeness (QED) is 0.228. The number of methoxy groups -OCH3 is 1. The van der Waals surface area contributed by atoms with Gasteiger partial charge in [0, 0.05) is 6.54 Å². The smallest absolute Gasteiger partial charge is 0.337 e. The van der Waals surface area contributed by atoms with Crippen LogP contribution in [-0.2, 0) is 22.5 Å². The lowest BCUT2D eigenvalue weighted by Crippen LogP contribution is -2.26. The van der Waals surface area contributed by atoms with Crippen molar-refractivity contribution in [1.29, 1.82) is 0 Å². The zero-order chi connectivity index (χ0) is 24.8. The van der Waals surface area contributed by atoms with Crippen LogP contribution in [0.3, 0.4) is 0 Å². The first-order chi connectivity index (χ1) is 17.0. The molecule has 0 atom stereocenters. The van der Waals surface area contributed by atoms with Crippen LogP contribution in [0.25, 0.3) is 16.6 Å². The number of hydrogen-bond donors (Lipinski definition) is 1. The number of carbonyl (C=O) groups excluding carboxylic acids is 2. The van der Waals surface area contributed by atoms with Gasteiger partial charge in [0.25, 0.3) is 5.56 Å². The van der Waals surface area contributed by atoms with Crippen LogP contribution < -0.4 is 10.9 Å². The Labute approximate surface area is 207 Å². The number of para-hydroxylation sites is 1. The lowest BCUT2D eigenvalue weighted by Gasteiger charge is -2.14. The fraction of sp³-hybridized carbons (Fsp3) is 0.185. The van der Waals surface area contributed by atoms with E-state index in [1.54, 1.807) is 41.0 Å². The van der Waals surface area contributed by atoms with Gasteiger partial charge in [-0.3, -0.25) is 14.2 Å². The summed E-state index contributed by atoms with van der Waals surface area (Å²) in [6.07, 6.45) is 0.901. The van der Waals surface area contributed by atoms with Gasteiger partial charge in [-0.05, 0) is 53.9 Å². The zero-order valence-corrected chi connectivity index (χ0v) is 20.3. The highest BCUT2D eigenvalue weighted by Gasteiger charge is 2.15. The van der Waals surface area contributed by atoms with Gasteiger partial charge in [-0.1, -0.05) is 55.1 Å². The minimum Gasteiger partial charge on any atom is -0.465 e. The summed E-state index contributed by atoms with van der Waals surface area (Å²) in [6, 6.07) is 21.8. The maximum absolute atomic E-state index is 13.3. The molecule has 0 fully saturated rings. The van der Waals surface area contributed by atoms with Crippen molar-refractivity contribution in [2.45, 2.75) is 25.0 Å². The van der Waals surface area contributed by atoms with E-state index in [1.807, 2.05) is 36.4 Å². The number of ether oxygens (including phenoxy) is 1. The maximum Gasteiger partial charge on any atom is 0.337 e. The molecule has 1 amide bonds. The van der Waals surface area contributed by atoms with Gasteiger partial charge in [0.1, 0.15) is 0 Å². The molecule has 0 spiro atoms. The van der Waals surface area contributed by atoms with Crippen molar-refractivity contribution < 1.29 is 14.3 Å². The van der Waals surface area contributed by atoms with E-state index < -0.39 is 5.97 Å². The van der Waals surface area contributed by atoms with Gasteiger partial charge < -0.3 is 10.1 Å². The van der Waals surface area contributed by atoms with Crippen LogP contribution in [-0.4, -0.2) is 34.3 Å². The van der Waals surface area contributed by atoms with E-state index in [0.29, 0.717) is 33.9 Å². The number of nitrogens with zero attached hydrogens (tertiary/aromatic N) is 2. The molecule has 0 unspecified atom stereocenters. The standard InChI is InChI=1S/C27H25N3O4S/c1-3-18-10-14-21(15-11-18)30-25(32)22-6-4-5-7-23(22)29-27(30)35-17-24(31)28-16-19-8-12-20(13-9-19)26(33)34-2/h4-15H,3,16-17H2,1-2H3,(H,28,31). The summed E-state index contributed by atoms with van der Waals surface area (Å²) < 4.78 is 6.26. The van der Waals surface area contributed by atoms with E-state index >= 15 is 0 Å². The van der Waals surface area contributed by atoms with Crippen LogP contribution in [0.15, 0.2) is 82.7 Å². The normalized spacial score (nSPS) is 10.8. The number of rotatable bonds is 8. The largest absolute Gasteiger partial charge is 0.465 e. The first-order valence-electron chi connectivity index (χ1n) is 11.2. The molecule has 0 aliphatic carbocycles. The summed E-state index contributed by atoms with van der Waals surface area (Å²) in [5, 5.41) is 3.85. The molecular formula is C27H25N3O4S. The number of benzene rings is 3. The number of aromatic nitrogens is 2. The fourth-order valence-corrected chi connectivity index (χ4v) is 4.42. The monoisotopic (exact) mass is 487 g/mol. The first-order valence-corrected chi connectivity index (χ1v) is 12.2. The van der Waals surface area contributed by atoms with Crippen LogP contribution in [0.1, 0.15) is 28.4 Å². The summed E-state index contributed by atoms with van der Waals surface area (Å²) in [4.78, 5) is 42.1. The van der Waals surface area contributed by atoms with Crippen molar-refractivity contribution in [2.75, 3.05) is 12.9 Å². The molecule has 7 nitrogen and oxygen atoms in total. The van der Waals surface area contributed by atoms with E-state index in [0.717, 1.165) is 12.0 Å². The van der Waals surface area contributed by atoms with Gasteiger partial charge in [0.2, 0.25) is 5.91 Å². The van der Waals surface area contributed by atoms with Crippen LogP contribution in [0.2, 0.25) is 0 Å². The lowest BCUT2D eigenvalue weighted by atomic mass is 10.1. The number of fused-ring (bicyclic) bond motifs is 1. The number of amides is 1. The molecule has 0 saturated heterocycles. The SMILES string of the molecule is CCc1ccc(-n2c(SCC(=O)NCc3ccc(C(=O)OC)cc3)nc3ccccc3c2=O)cc1. The molecule has 4 rings (SSSR count). The second-order valence-corrected chi connectivity index (χ2v) is 8.77. The van der Waals surface area contributed by atoms with Gasteiger partial charge in [0.15, 0.2) is 5.16 Å². The van der Waals surface area contributed by atoms with Crippen molar-refractivity contribution in [1.82, 2.24) is 14.9 Å². The van der Waals surface area contributed by atoms with Crippen LogP contribution in [0.4, 0.5) is 0 Å². The molecule has 8 heteroatoms. The zero-order valence-electron chi connectivity index (χ0n) is 19.5. The first kappa shape index (κ1) is 24.2. The Bertz CT molecular complexity index is 1410. The Morgan fingerprint density at radius 2 is 1.66 bits per heavy atom. The second-order valence-electron chi connectivity index (χ2n) is 7.83. The molecule has 0 bridgehead atoms. The summed E-state index contributed by atoms with van der Waals surface area (Å²) in [7, 11) is 1.33. The van der Waals surface area contributed by atoms with Gasteiger partial charge in [0.05, 0.1) is 35.0 Å². The molecule has 1 N–H and O–H groups in total. The van der Waals surface area contributed by atoms with Gasteiger partial charge in [-0.25, -0.2) is 9.78 Å². The molecule has 0 aliphatic heterocycles. The number of aryl methyl sites for hydroxylation is 1. The van der Waals surface area contributed by atoms with E-state index in [9.17, 15) is 14.4 Å². The van der Waals surface area contributed by atoms with Crippen molar-refractivity contribution >= 4 is 34.5 Å². The Kier molecular flexibility index (Phi) is 7.62. The van der Waals surface area contributed by atoms with E-state index in [1.165, 1.54) is 24.4 Å². The molecule has 0 radical (unpaired) electrons. The van der Waals surface area contributed by atoms with E-state index in [4.69, 9.17) is 4.74 Å². The van der Waals surface area contributed by atoms with E-state index in [2.05, 4.69) is 17.2 Å². The number of nitrogens with one attached hydrogen (secondary N) is 1. The summed E-state index contributed by atoms with van der Waals surface area (Å²) >= 11 is 1.21. The predicted molar refractivity (Wildman–Crippen MR) is 137 cm³/mol. The third-order valence-electron chi connectivity index (χ3n) is 5.54. The average molecular weight is 488 g/mol. The van der Waals surface area contributed by atoms with Crippen LogP contribution >= 0.6 is 11.8 Å². The Morgan fingerprint density at radius 3 is 2.34 bits per heavy atom. The lowest BCUT2D eigenvalue weighted by molar-refractivity contribution is -0.118. The molecule has 0 saturated carbocycles. The van der Waals surface area contributed by atoms with Crippen molar-refractivity contribution in [2.24, 2.45) is 0 Å². The Balaban J connectivity index is 1.51.